The van der Waals surface area contributed by atoms with Crippen LogP contribution in [0.25, 0.3) is 11.1 Å². The van der Waals surface area contributed by atoms with Crippen molar-refractivity contribution in [2.24, 2.45) is 11.7 Å². The maximum absolute atomic E-state index is 11.3. The molecular weight excluding hydrogens is 342 g/mol. The van der Waals surface area contributed by atoms with Crippen LogP contribution in [0.2, 0.25) is 0 Å². The van der Waals surface area contributed by atoms with Crippen molar-refractivity contribution in [2.75, 3.05) is 11.9 Å². The summed E-state index contributed by atoms with van der Waals surface area (Å²) in [6.45, 7) is 8.68. The number of fused-ring (bicyclic) bond motifs is 3. The first-order chi connectivity index (χ1) is 12.8. The predicted octanol–water partition coefficient (Wildman–Crippen LogP) is 3.66. The molecule has 6 heteroatoms. The van der Waals surface area contributed by atoms with Crippen LogP contribution in [0, 0.1) is 12.8 Å². The molecule has 0 spiro atoms. The van der Waals surface area contributed by atoms with Gasteiger partial charge in [-0.3, -0.25) is 4.79 Å². The van der Waals surface area contributed by atoms with Crippen LogP contribution in [-0.2, 0) is 11.4 Å². The van der Waals surface area contributed by atoms with Gasteiger partial charge in [0, 0.05) is 35.9 Å². The first-order valence-electron chi connectivity index (χ1n) is 9.26. The van der Waals surface area contributed by atoms with E-state index in [1.54, 1.807) is 6.20 Å². The zero-order valence-electron chi connectivity index (χ0n) is 16.3. The van der Waals surface area contributed by atoms with E-state index in [4.69, 9.17) is 15.2 Å². The summed E-state index contributed by atoms with van der Waals surface area (Å²) in [6, 6.07) is 5.83. The molecule has 27 heavy (non-hydrogen) atoms. The Morgan fingerprint density at radius 1 is 1.37 bits per heavy atom. The summed E-state index contributed by atoms with van der Waals surface area (Å²) in [5.41, 5.74) is 10.1. The molecule has 1 amide bonds. The first kappa shape index (κ1) is 19.2. The number of hydrogen-bond donors (Lipinski definition) is 2. The second-order valence-corrected chi connectivity index (χ2v) is 7.46. The largest absolute Gasteiger partial charge is 0.492 e. The highest BCUT2D eigenvalue weighted by atomic mass is 16.5. The fourth-order valence-corrected chi connectivity index (χ4v) is 3.35. The fourth-order valence-electron chi connectivity index (χ4n) is 3.35. The van der Waals surface area contributed by atoms with E-state index in [-0.39, 0.29) is 11.9 Å². The number of aromatic nitrogens is 1. The molecule has 0 radical (unpaired) electrons. The van der Waals surface area contributed by atoms with Crippen LogP contribution >= 0.6 is 0 Å². The highest BCUT2D eigenvalue weighted by Crippen LogP contribution is 2.43. The Balaban J connectivity index is 1.85. The van der Waals surface area contributed by atoms with Gasteiger partial charge >= 0.3 is 0 Å². The molecular formula is C21H27N3O3. The number of anilines is 1. The predicted molar refractivity (Wildman–Crippen MR) is 106 cm³/mol. The van der Waals surface area contributed by atoms with Crippen molar-refractivity contribution in [3.8, 4) is 22.6 Å². The Morgan fingerprint density at radius 3 is 2.85 bits per heavy atom. The van der Waals surface area contributed by atoms with Crippen molar-refractivity contribution in [1.82, 2.24) is 4.98 Å². The number of rotatable bonds is 6. The molecule has 2 aromatic rings. The smallest absolute Gasteiger partial charge is 0.222 e. The zero-order chi connectivity index (χ0) is 19.6. The molecule has 3 N–H and O–H groups in total. The highest BCUT2D eigenvalue weighted by molar-refractivity contribution is 5.89. The lowest BCUT2D eigenvalue weighted by Gasteiger charge is -2.24. The molecule has 144 valence electrons. The minimum atomic E-state index is -0.146. The Bertz CT molecular complexity index is 849. The number of hydrogen-bond acceptors (Lipinski definition) is 5. The molecule has 0 aliphatic carbocycles. The molecule has 0 fully saturated rings. The van der Waals surface area contributed by atoms with Crippen molar-refractivity contribution in [1.29, 1.82) is 0 Å². The van der Waals surface area contributed by atoms with Gasteiger partial charge in [0.25, 0.3) is 0 Å². The van der Waals surface area contributed by atoms with Gasteiger partial charge in [-0.1, -0.05) is 13.8 Å². The Kier molecular flexibility index (Phi) is 5.65. The third-order valence-electron chi connectivity index (χ3n) is 4.54. The quantitative estimate of drug-likeness (QED) is 0.811. The van der Waals surface area contributed by atoms with Crippen molar-refractivity contribution in [3.63, 3.8) is 0 Å². The van der Waals surface area contributed by atoms with Crippen LogP contribution in [0.4, 0.5) is 5.82 Å². The molecule has 0 unspecified atom stereocenters. The third-order valence-corrected chi connectivity index (χ3v) is 4.54. The van der Waals surface area contributed by atoms with E-state index >= 15 is 0 Å². The van der Waals surface area contributed by atoms with Crippen LogP contribution in [0.15, 0.2) is 24.4 Å². The van der Waals surface area contributed by atoms with Crippen molar-refractivity contribution in [3.05, 3.63) is 35.5 Å². The van der Waals surface area contributed by atoms with Gasteiger partial charge in [0.2, 0.25) is 5.91 Å². The number of carbonyl (C=O) groups is 1. The molecule has 2 heterocycles. The standard InChI is InChI=1S/C21H27N3O3/c1-12(2)7-16(22)11-26-19-6-5-17-18-8-20(24-14(4)25)23-9-15(18)10-27-21(17)13(19)3/h5-6,8-9,12,16H,7,10-11,22H2,1-4H3,(H,23,24,25)/t16-/m0/s1. The van der Waals surface area contributed by atoms with Crippen molar-refractivity contribution < 1.29 is 14.3 Å². The molecule has 3 rings (SSSR count). The molecule has 1 aliphatic heterocycles. The average Bonchev–Trinajstić information content (AvgIpc) is 2.60. The van der Waals surface area contributed by atoms with Gasteiger partial charge in [-0.2, -0.15) is 0 Å². The molecule has 0 bridgehead atoms. The number of pyridine rings is 1. The minimum absolute atomic E-state index is 0.00774. The number of nitrogens with one attached hydrogen (secondary N) is 1. The molecule has 1 atom stereocenters. The van der Waals surface area contributed by atoms with Crippen molar-refractivity contribution in [2.45, 2.75) is 46.8 Å². The van der Waals surface area contributed by atoms with Gasteiger partial charge in [0.05, 0.1) is 0 Å². The number of ether oxygens (including phenoxy) is 2. The molecule has 6 nitrogen and oxygen atoms in total. The number of nitrogens with zero attached hydrogens (tertiary/aromatic N) is 1. The van der Waals surface area contributed by atoms with Gasteiger partial charge in [-0.15, -0.1) is 0 Å². The lowest BCUT2D eigenvalue weighted by Crippen LogP contribution is -2.29. The lowest BCUT2D eigenvalue weighted by molar-refractivity contribution is -0.114. The summed E-state index contributed by atoms with van der Waals surface area (Å²) in [4.78, 5) is 15.6. The molecule has 0 saturated heterocycles. The van der Waals surface area contributed by atoms with E-state index < -0.39 is 0 Å². The fraction of sp³-hybridized carbons (Fsp3) is 0.429. The average molecular weight is 369 g/mol. The summed E-state index contributed by atoms with van der Waals surface area (Å²) < 4.78 is 11.9. The summed E-state index contributed by atoms with van der Waals surface area (Å²) in [7, 11) is 0. The maximum atomic E-state index is 11.3. The van der Waals surface area contributed by atoms with E-state index in [2.05, 4.69) is 24.1 Å². The van der Waals surface area contributed by atoms with Gasteiger partial charge in [0.1, 0.15) is 30.5 Å². The summed E-state index contributed by atoms with van der Waals surface area (Å²) in [5, 5.41) is 2.73. The van der Waals surface area contributed by atoms with E-state index in [1.807, 2.05) is 25.1 Å². The van der Waals surface area contributed by atoms with Crippen LogP contribution in [0.3, 0.4) is 0 Å². The molecule has 1 aliphatic rings. The summed E-state index contributed by atoms with van der Waals surface area (Å²) >= 11 is 0. The minimum Gasteiger partial charge on any atom is -0.492 e. The lowest BCUT2D eigenvalue weighted by atomic mass is 9.96. The number of nitrogens with two attached hydrogens (primary N) is 1. The second-order valence-electron chi connectivity index (χ2n) is 7.46. The normalized spacial score (nSPS) is 13.4. The topological polar surface area (TPSA) is 86.5 Å². The van der Waals surface area contributed by atoms with Crippen LogP contribution in [0.5, 0.6) is 11.5 Å². The number of amides is 1. The SMILES string of the molecule is CC(=O)Nc1cc2c(cn1)COc1c-2ccc(OC[C@@H](N)CC(C)C)c1C. The van der Waals surface area contributed by atoms with Gasteiger partial charge in [-0.05, 0) is 43.0 Å². The Hall–Kier alpha value is -2.60. The third kappa shape index (κ3) is 4.39. The summed E-state index contributed by atoms with van der Waals surface area (Å²) in [5.74, 6) is 2.52. The van der Waals surface area contributed by atoms with E-state index in [0.717, 1.165) is 40.2 Å². The highest BCUT2D eigenvalue weighted by Gasteiger charge is 2.22. The van der Waals surface area contributed by atoms with E-state index in [9.17, 15) is 4.79 Å². The van der Waals surface area contributed by atoms with Gasteiger partial charge in [0.15, 0.2) is 0 Å². The number of carbonyl (C=O) groups excluding carboxylic acids is 1. The van der Waals surface area contributed by atoms with Crippen LogP contribution in [-0.4, -0.2) is 23.5 Å². The first-order valence-corrected chi connectivity index (χ1v) is 9.26. The Morgan fingerprint density at radius 2 is 2.15 bits per heavy atom. The Labute approximate surface area is 160 Å². The van der Waals surface area contributed by atoms with Crippen LogP contribution < -0.4 is 20.5 Å². The molecule has 0 saturated carbocycles. The monoisotopic (exact) mass is 369 g/mol. The van der Waals surface area contributed by atoms with Crippen molar-refractivity contribution >= 4 is 11.7 Å². The second kappa shape index (κ2) is 7.96. The van der Waals surface area contributed by atoms with E-state index in [1.165, 1.54) is 6.92 Å². The molecule has 1 aromatic carbocycles. The zero-order valence-corrected chi connectivity index (χ0v) is 16.3. The van der Waals surface area contributed by atoms with E-state index in [0.29, 0.717) is 24.9 Å². The van der Waals surface area contributed by atoms with Gasteiger partial charge < -0.3 is 20.5 Å². The summed E-state index contributed by atoms with van der Waals surface area (Å²) in [6.07, 6.45) is 2.67. The van der Waals surface area contributed by atoms with Gasteiger partial charge in [-0.25, -0.2) is 4.98 Å². The number of benzene rings is 1. The maximum Gasteiger partial charge on any atom is 0.222 e. The van der Waals surface area contributed by atoms with Crippen LogP contribution in [0.1, 0.15) is 38.3 Å². The molecule has 1 aromatic heterocycles.